The van der Waals surface area contributed by atoms with E-state index in [-0.39, 0.29) is 11.7 Å². The highest BCUT2D eigenvalue weighted by molar-refractivity contribution is 7.11. The van der Waals surface area contributed by atoms with Crippen LogP contribution in [0, 0.1) is 0 Å². The first-order valence-electron chi connectivity index (χ1n) is 5.60. The van der Waals surface area contributed by atoms with E-state index in [0.717, 1.165) is 16.5 Å². The van der Waals surface area contributed by atoms with Gasteiger partial charge in [-0.3, -0.25) is 0 Å². The Balaban J connectivity index is 2.06. The standard InChI is InChI=1S/C11H14N4O2S2/c1-6(9-13-3-4-18-9)5-14-10-7(11(16)17-2)8(12)15-19-10/h3-4,6,14H,5H2,1-2H3,(H2,12,15). The molecule has 0 aliphatic heterocycles. The molecule has 6 nitrogen and oxygen atoms in total. The summed E-state index contributed by atoms with van der Waals surface area (Å²) in [4.78, 5) is 15.9. The number of methoxy groups -OCH3 is 1. The molecule has 0 spiro atoms. The minimum absolute atomic E-state index is 0.196. The lowest BCUT2D eigenvalue weighted by Crippen LogP contribution is -2.12. The molecule has 19 heavy (non-hydrogen) atoms. The Morgan fingerprint density at radius 1 is 1.63 bits per heavy atom. The third kappa shape index (κ3) is 3.02. The normalized spacial score (nSPS) is 12.1. The van der Waals surface area contributed by atoms with Gasteiger partial charge in [0.25, 0.3) is 0 Å². The van der Waals surface area contributed by atoms with Gasteiger partial charge in [0, 0.05) is 24.0 Å². The number of anilines is 2. The molecular formula is C11H14N4O2S2. The van der Waals surface area contributed by atoms with Gasteiger partial charge in [-0.25, -0.2) is 9.78 Å². The summed E-state index contributed by atoms with van der Waals surface area (Å²) in [7, 11) is 1.32. The lowest BCUT2D eigenvalue weighted by molar-refractivity contribution is 0.0603. The van der Waals surface area contributed by atoms with Crippen molar-refractivity contribution in [3.8, 4) is 0 Å². The molecule has 0 fully saturated rings. The number of nitrogen functional groups attached to an aromatic ring is 1. The van der Waals surface area contributed by atoms with Gasteiger partial charge in [-0.2, -0.15) is 4.37 Å². The van der Waals surface area contributed by atoms with Gasteiger partial charge in [-0.15, -0.1) is 11.3 Å². The molecule has 2 heterocycles. The predicted octanol–water partition coefficient (Wildman–Crippen LogP) is 2.18. The first kappa shape index (κ1) is 13.8. The zero-order valence-electron chi connectivity index (χ0n) is 10.5. The Morgan fingerprint density at radius 2 is 2.42 bits per heavy atom. The van der Waals surface area contributed by atoms with Crippen LogP contribution >= 0.6 is 22.9 Å². The molecule has 0 saturated heterocycles. The number of ether oxygens (including phenoxy) is 1. The average molecular weight is 298 g/mol. The molecule has 0 aliphatic rings. The minimum Gasteiger partial charge on any atom is -0.465 e. The van der Waals surface area contributed by atoms with Crippen LogP contribution in [0.2, 0.25) is 0 Å². The number of nitrogens with one attached hydrogen (secondary N) is 1. The average Bonchev–Trinajstić information content (AvgIpc) is 3.04. The highest BCUT2D eigenvalue weighted by Crippen LogP contribution is 2.28. The maximum Gasteiger partial charge on any atom is 0.344 e. The number of thiazole rings is 1. The van der Waals surface area contributed by atoms with Crippen LogP contribution in [0.15, 0.2) is 11.6 Å². The second kappa shape index (κ2) is 5.98. The van der Waals surface area contributed by atoms with E-state index < -0.39 is 5.97 Å². The van der Waals surface area contributed by atoms with Crippen LogP contribution in [-0.2, 0) is 4.74 Å². The topological polar surface area (TPSA) is 90.1 Å². The van der Waals surface area contributed by atoms with Gasteiger partial charge in [0.1, 0.15) is 10.6 Å². The second-order valence-corrected chi connectivity index (χ2v) is 5.62. The first-order chi connectivity index (χ1) is 9.13. The maximum absolute atomic E-state index is 11.6. The zero-order chi connectivity index (χ0) is 13.8. The molecule has 0 saturated carbocycles. The number of aromatic nitrogens is 2. The van der Waals surface area contributed by atoms with E-state index in [9.17, 15) is 4.79 Å². The fourth-order valence-corrected chi connectivity index (χ4v) is 2.94. The third-order valence-corrected chi connectivity index (χ3v) is 4.38. The Hall–Kier alpha value is -1.67. The lowest BCUT2D eigenvalue weighted by Gasteiger charge is -2.10. The first-order valence-corrected chi connectivity index (χ1v) is 7.25. The molecule has 0 aliphatic carbocycles. The van der Waals surface area contributed by atoms with Crippen LogP contribution < -0.4 is 11.1 Å². The summed E-state index contributed by atoms with van der Waals surface area (Å²) in [6.07, 6.45) is 1.78. The molecule has 2 aromatic heterocycles. The van der Waals surface area contributed by atoms with Crippen molar-refractivity contribution in [3.05, 3.63) is 22.1 Å². The molecule has 0 bridgehead atoms. The number of carbonyl (C=O) groups excluding carboxylic acids is 1. The molecule has 8 heteroatoms. The largest absolute Gasteiger partial charge is 0.465 e. The van der Waals surface area contributed by atoms with Crippen molar-refractivity contribution in [3.63, 3.8) is 0 Å². The molecule has 0 amide bonds. The summed E-state index contributed by atoms with van der Waals surface area (Å²) in [5, 5.41) is 6.80. The summed E-state index contributed by atoms with van der Waals surface area (Å²) in [6, 6.07) is 0. The second-order valence-electron chi connectivity index (χ2n) is 3.92. The minimum atomic E-state index is -0.476. The predicted molar refractivity (Wildman–Crippen MR) is 76.9 cm³/mol. The van der Waals surface area contributed by atoms with Crippen LogP contribution in [0.4, 0.5) is 10.8 Å². The van der Waals surface area contributed by atoms with Crippen molar-refractivity contribution < 1.29 is 9.53 Å². The van der Waals surface area contributed by atoms with Gasteiger partial charge < -0.3 is 15.8 Å². The quantitative estimate of drug-likeness (QED) is 0.822. The van der Waals surface area contributed by atoms with Crippen molar-refractivity contribution in [2.24, 2.45) is 0 Å². The van der Waals surface area contributed by atoms with Crippen LogP contribution in [0.1, 0.15) is 28.2 Å². The monoisotopic (exact) mass is 298 g/mol. The smallest absolute Gasteiger partial charge is 0.344 e. The van der Waals surface area contributed by atoms with Crippen molar-refractivity contribution in [1.29, 1.82) is 0 Å². The molecule has 2 aromatic rings. The summed E-state index contributed by atoms with van der Waals surface area (Å²) in [6.45, 7) is 2.72. The summed E-state index contributed by atoms with van der Waals surface area (Å²) in [5.74, 6) is -0.0364. The van der Waals surface area contributed by atoms with E-state index in [1.54, 1.807) is 17.5 Å². The van der Waals surface area contributed by atoms with E-state index in [2.05, 4.69) is 21.6 Å². The van der Waals surface area contributed by atoms with E-state index >= 15 is 0 Å². The van der Waals surface area contributed by atoms with Crippen molar-refractivity contribution in [2.75, 3.05) is 24.7 Å². The van der Waals surface area contributed by atoms with E-state index in [1.165, 1.54) is 7.11 Å². The zero-order valence-corrected chi connectivity index (χ0v) is 12.2. The summed E-state index contributed by atoms with van der Waals surface area (Å²) >= 11 is 2.76. The van der Waals surface area contributed by atoms with E-state index in [4.69, 9.17) is 10.5 Å². The Morgan fingerprint density at radius 3 is 3.05 bits per heavy atom. The SMILES string of the molecule is COC(=O)c1c(N)nsc1NCC(C)c1nccs1. The highest BCUT2D eigenvalue weighted by atomic mass is 32.1. The van der Waals surface area contributed by atoms with Gasteiger partial charge in [-0.05, 0) is 11.5 Å². The van der Waals surface area contributed by atoms with Crippen molar-refractivity contribution in [1.82, 2.24) is 9.36 Å². The Labute approximate surface area is 118 Å². The van der Waals surface area contributed by atoms with Crippen molar-refractivity contribution in [2.45, 2.75) is 12.8 Å². The van der Waals surface area contributed by atoms with E-state index in [1.807, 2.05) is 5.38 Å². The fraction of sp³-hybridized carbons (Fsp3) is 0.364. The molecule has 102 valence electrons. The molecule has 1 atom stereocenters. The molecule has 0 radical (unpaired) electrons. The fourth-order valence-electron chi connectivity index (χ4n) is 1.53. The molecule has 3 N–H and O–H groups in total. The van der Waals surface area contributed by atoms with E-state index in [0.29, 0.717) is 17.1 Å². The van der Waals surface area contributed by atoms with Gasteiger partial charge >= 0.3 is 5.97 Å². The van der Waals surface area contributed by atoms with Gasteiger partial charge in [0.05, 0.1) is 12.1 Å². The number of esters is 1. The van der Waals surface area contributed by atoms with Gasteiger partial charge in [0.15, 0.2) is 5.82 Å². The number of nitrogens with zero attached hydrogens (tertiary/aromatic N) is 2. The molecule has 1 unspecified atom stereocenters. The van der Waals surface area contributed by atoms with Crippen LogP contribution in [0.25, 0.3) is 0 Å². The molecule has 2 rings (SSSR count). The maximum atomic E-state index is 11.6. The summed E-state index contributed by atoms with van der Waals surface area (Å²) in [5.41, 5.74) is 5.97. The number of carbonyl (C=O) groups is 1. The van der Waals surface area contributed by atoms with Crippen LogP contribution in [0.3, 0.4) is 0 Å². The van der Waals surface area contributed by atoms with Crippen LogP contribution in [0.5, 0.6) is 0 Å². The lowest BCUT2D eigenvalue weighted by atomic mass is 10.2. The van der Waals surface area contributed by atoms with Gasteiger partial charge in [-0.1, -0.05) is 6.92 Å². The highest BCUT2D eigenvalue weighted by Gasteiger charge is 2.20. The molecular weight excluding hydrogens is 284 g/mol. The number of rotatable bonds is 5. The Kier molecular flexibility index (Phi) is 4.33. The Bertz CT molecular complexity index is 553. The number of nitrogens with two attached hydrogens (primary N) is 1. The number of hydrogen-bond donors (Lipinski definition) is 2. The van der Waals surface area contributed by atoms with Crippen molar-refractivity contribution >= 4 is 39.7 Å². The number of hydrogen-bond acceptors (Lipinski definition) is 8. The van der Waals surface area contributed by atoms with Crippen LogP contribution in [-0.4, -0.2) is 29.0 Å². The summed E-state index contributed by atoms with van der Waals surface area (Å²) < 4.78 is 8.66. The molecule has 0 aromatic carbocycles. The van der Waals surface area contributed by atoms with Gasteiger partial charge in [0.2, 0.25) is 0 Å². The third-order valence-electron chi connectivity index (χ3n) is 2.55.